The van der Waals surface area contributed by atoms with E-state index < -0.39 is 17.5 Å². The van der Waals surface area contributed by atoms with Gasteiger partial charge in [0.25, 0.3) is 0 Å². The van der Waals surface area contributed by atoms with Crippen LogP contribution in [0.4, 0.5) is 13.2 Å². The van der Waals surface area contributed by atoms with Crippen LogP contribution in [0.15, 0.2) is 42.6 Å². The van der Waals surface area contributed by atoms with Crippen molar-refractivity contribution in [2.45, 2.75) is 25.3 Å². The maximum Gasteiger partial charge on any atom is 0.174 e. The topological polar surface area (TPSA) is 71.6 Å². The average Bonchev–Trinajstić information content (AvgIpc) is 2.89. The molecule has 4 rings (SSSR count). The summed E-state index contributed by atoms with van der Waals surface area (Å²) in [6.07, 6.45) is 4.27. The third-order valence-electron chi connectivity index (χ3n) is 6.96. The van der Waals surface area contributed by atoms with E-state index in [2.05, 4.69) is 21.7 Å². The molecule has 36 heavy (non-hydrogen) atoms. The van der Waals surface area contributed by atoms with E-state index in [-0.39, 0.29) is 24.1 Å². The number of hydrogen-bond acceptors (Lipinski definition) is 5. The summed E-state index contributed by atoms with van der Waals surface area (Å²) in [5.41, 5.74) is 8.19. The van der Waals surface area contributed by atoms with Crippen LogP contribution in [0.3, 0.4) is 0 Å². The van der Waals surface area contributed by atoms with Crippen molar-refractivity contribution in [2.75, 3.05) is 33.4 Å². The van der Waals surface area contributed by atoms with Crippen LogP contribution in [-0.4, -0.2) is 48.3 Å². The monoisotopic (exact) mass is 497 g/mol. The number of hydrogen-bond donors (Lipinski definition) is 2. The van der Waals surface area contributed by atoms with Gasteiger partial charge in [-0.3, -0.25) is 9.88 Å². The van der Waals surface area contributed by atoms with Crippen molar-refractivity contribution >= 4 is 10.9 Å². The Labute approximate surface area is 209 Å². The highest BCUT2D eigenvalue weighted by Gasteiger charge is 2.29. The zero-order valence-electron chi connectivity index (χ0n) is 20.2. The first-order valence-corrected chi connectivity index (χ1v) is 12.0. The Kier molecular flexibility index (Phi) is 8.47. The van der Waals surface area contributed by atoms with Crippen LogP contribution in [0.25, 0.3) is 10.9 Å². The second kappa shape index (κ2) is 11.7. The van der Waals surface area contributed by atoms with Crippen molar-refractivity contribution in [1.82, 2.24) is 9.88 Å². The molecule has 0 aliphatic carbocycles. The number of likely N-dealkylation sites (tertiary alicyclic amines) is 1. The summed E-state index contributed by atoms with van der Waals surface area (Å²) in [6, 6.07) is 8.91. The van der Waals surface area contributed by atoms with Crippen molar-refractivity contribution < 1.29 is 23.0 Å². The minimum absolute atomic E-state index is 0.0446. The van der Waals surface area contributed by atoms with Gasteiger partial charge in [-0.05, 0) is 73.5 Å². The molecule has 1 unspecified atom stereocenters. The Morgan fingerprint density at radius 1 is 1.19 bits per heavy atom. The molecule has 1 aliphatic heterocycles. The van der Waals surface area contributed by atoms with Gasteiger partial charge in [-0.2, -0.15) is 0 Å². The first kappa shape index (κ1) is 26.0. The molecule has 3 N–H and O–H groups in total. The number of aromatic nitrogens is 1. The number of nitrogens with zero attached hydrogens (tertiary/aromatic N) is 2. The molecule has 5 nitrogen and oxygen atoms in total. The lowest BCUT2D eigenvalue weighted by atomic mass is 9.81. The Morgan fingerprint density at radius 2 is 2.03 bits per heavy atom. The van der Waals surface area contributed by atoms with Gasteiger partial charge >= 0.3 is 0 Å². The molecule has 0 radical (unpaired) electrons. The predicted octanol–water partition coefficient (Wildman–Crippen LogP) is 4.42. The van der Waals surface area contributed by atoms with Crippen molar-refractivity contribution in [3.63, 3.8) is 0 Å². The second-order valence-corrected chi connectivity index (χ2v) is 9.24. The number of halogens is 3. The van der Waals surface area contributed by atoms with E-state index in [0.717, 1.165) is 54.1 Å². The second-order valence-electron chi connectivity index (χ2n) is 9.24. The Bertz CT molecular complexity index is 1270. The fourth-order valence-electron chi connectivity index (χ4n) is 4.93. The summed E-state index contributed by atoms with van der Waals surface area (Å²) >= 11 is 0. The van der Waals surface area contributed by atoms with Crippen LogP contribution in [-0.2, 0) is 0 Å². The quantitative estimate of drug-likeness (QED) is 0.374. The zero-order valence-corrected chi connectivity index (χ0v) is 20.2. The van der Waals surface area contributed by atoms with Gasteiger partial charge in [-0.15, -0.1) is 0 Å². The van der Waals surface area contributed by atoms with Gasteiger partial charge in [0.15, 0.2) is 11.6 Å². The number of benzene rings is 2. The summed E-state index contributed by atoms with van der Waals surface area (Å²) in [5.74, 6) is 3.20. The maximum atomic E-state index is 13.8. The first-order valence-electron chi connectivity index (χ1n) is 12.0. The van der Waals surface area contributed by atoms with E-state index in [0.29, 0.717) is 25.1 Å². The molecule has 0 amide bonds. The van der Waals surface area contributed by atoms with Crippen LogP contribution in [0.5, 0.6) is 5.75 Å². The maximum absolute atomic E-state index is 13.8. The van der Waals surface area contributed by atoms with Crippen molar-refractivity contribution in [3.8, 4) is 17.6 Å². The first-order chi connectivity index (χ1) is 17.4. The molecule has 8 heteroatoms. The van der Waals surface area contributed by atoms with Gasteiger partial charge in [0.1, 0.15) is 11.6 Å². The van der Waals surface area contributed by atoms with Gasteiger partial charge in [-0.25, -0.2) is 13.2 Å². The molecular formula is C28H30F3N3O2. The van der Waals surface area contributed by atoms with Crippen LogP contribution in [0, 0.1) is 41.1 Å². The van der Waals surface area contributed by atoms with E-state index in [1.807, 2.05) is 24.3 Å². The molecule has 0 bridgehead atoms. The number of piperidine rings is 1. The Morgan fingerprint density at radius 3 is 2.81 bits per heavy atom. The summed E-state index contributed by atoms with van der Waals surface area (Å²) in [6.45, 7) is 1.77. The molecule has 1 saturated heterocycles. The molecule has 3 aromatic rings. The lowest BCUT2D eigenvalue weighted by Gasteiger charge is -2.37. The molecule has 0 spiro atoms. The predicted molar refractivity (Wildman–Crippen MR) is 133 cm³/mol. The van der Waals surface area contributed by atoms with E-state index >= 15 is 0 Å². The summed E-state index contributed by atoms with van der Waals surface area (Å²) in [7, 11) is 1.63. The van der Waals surface area contributed by atoms with Crippen molar-refractivity contribution in [3.05, 3.63) is 71.2 Å². The number of ether oxygens (including phenoxy) is 1. The normalized spacial score (nSPS) is 19.1. The van der Waals surface area contributed by atoms with E-state index in [9.17, 15) is 18.3 Å². The van der Waals surface area contributed by atoms with Crippen LogP contribution in [0.2, 0.25) is 0 Å². The number of nitrogens with two attached hydrogens (primary N) is 1. The Hall–Kier alpha value is -3.12. The third kappa shape index (κ3) is 5.98. The van der Waals surface area contributed by atoms with Gasteiger partial charge in [0.05, 0.1) is 24.7 Å². The van der Waals surface area contributed by atoms with Gasteiger partial charge in [-0.1, -0.05) is 11.8 Å². The van der Waals surface area contributed by atoms with Gasteiger partial charge < -0.3 is 15.6 Å². The fraction of sp³-hybridized carbons (Fsp3) is 0.393. The molecule has 1 aliphatic rings. The number of aliphatic hydroxyl groups is 1. The highest BCUT2D eigenvalue weighted by atomic mass is 19.2. The number of fused-ring (bicyclic) bond motifs is 1. The van der Waals surface area contributed by atoms with Gasteiger partial charge in [0, 0.05) is 36.8 Å². The standard InChI is InChI=1S/C28H30F3N3O2/c1-36-22-5-7-27-24(15-22)23(8-10-33-27)26(32)6-4-18-9-12-34(16-20(18)17-35)11-2-3-19-13-21(29)14-25(30)28(19)31/h5,7-8,10,13-15,18,20,26,35H,4,6,9,11-12,16-17,32H2,1H3/t18-,20-,26?/m1/s1. The summed E-state index contributed by atoms with van der Waals surface area (Å²) in [5, 5.41) is 11.0. The lowest BCUT2D eigenvalue weighted by Crippen LogP contribution is -2.42. The number of pyridine rings is 1. The number of rotatable bonds is 7. The highest BCUT2D eigenvalue weighted by Crippen LogP contribution is 2.32. The van der Waals surface area contributed by atoms with Crippen LogP contribution >= 0.6 is 0 Å². The Balaban J connectivity index is 1.35. The minimum Gasteiger partial charge on any atom is -0.497 e. The van der Waals surface area contributed by atoms with Crippen molar-refractivity contribution in [1.29, 1.82) is 0 Å². The average molecular weight is 498 g/mol. The van der Waals surface area contributed by atoms with E-state index in [1.54, 1.807) is 13.3 Å². The molecule has 190 valence electrons. The zero-order chi connectivity index (χ0) is 25.7. The molecule has 1 aromatic heterocycles. The highest BCUT2D eigenvalue weighted by molar-refractivity contribution is 5.83. The summed E-state index contributed by atoms with van der Waals surface area (Å²) < 4.78 is 45.9. The van der Waals surface area contributed by atoms with Crippen molar-refractivity contribution in [2.24, 2.45) is 17.6 Å². The fourth-order valence-corrected chi connectivity index (χ4v) is 4.93. The SMILES string of the molecule is COc1ccc2nccc(C(N)CC[C@@H]3CCN(CC#Cc4cc(F)cc(F)c4F)C[C@@H]3CO)c2c1. The van der Waals surface area contributed by atoms with Crippen LogP contribution in [0.1, 0.15) is 36.4 Å². The van der Waals surface area contributed by atoms with Gasteiger partial charge in [0.2, 0.25) is 0 Å². The lowest BCUT2D eigenvalue weighted by molar-refractivity contribution is 0.0738. The molecule has 0 saturated carbocycles. The minimum atomic E-state index is -1.25. The van der Waals surface area contributed by atoms with E-state index in [4.69, 9.17) is 10.5 Å². The largest absolute Gasteiger partial charge is 0.497 e. The molecule has 2 heterocycles. The molecule has 2 aromatic carbocycles. The number of methoxy groups -OCH3 is 1. The molecular weight excluding hydrogens is 467 g/mol. The third-order valence-corrected chi connectivity index (χ3v) is 6.96. The summed E-state index contributed by atoms with van der Waals surface area (Å²) in [4.78, 5) is 6.49. The molecule has 1 fully saturated rings. The smallest absolute Gasteiger partial charge is 0.174 e. The van der Waals surface area contributed by atoms with E-state index in [1.165, 1.54) is 0 Å². The van der Waals surface area contributed by atoms with Crippen LogP contribution < -0.4 is 10.5 Å². The number of aliphatic hydroxyl groups excluding tert-OH is 1. The molecule has 3 atom stereocenters.